The lowest BCUT2D eigenvalue weighted by molar-refractivity contribution is -0.134. The van der Waals surface area contributed by atoms with Crippen LogP contribution in [0.5, 0.6) is 0 Å². The molecule has 7 nitrogen and oxygen atoms in total. The molecule has 1 amide bonds. The molecule has 1 saturated heterocycles. The first-order valence-electron chi connectivity index (χ1n) is 8.85. The normalized spacial score (nSPS) is 15.4. The van der Waals surface area contributed by atoms with Crippen LogP contribution in [0, 0.1) is 0 Å². The second-order valence-corrected chi connectivity index (χ2v) is 7.71. The lowest BCUT2D eigenvalue weighted by Crippen LogP contribution is -2.42. The summed E-state index contributed by atoms with van der Waals surface area (Å²) in [6, 6.07) is 17.0. The maximum Gasteiger partial charge on any atom is 0.240 e. The van der Waals surface area contributed by atoms with E-state index in [2.05, 4.69) is 15.5 Å². The number of benzene rings is 2. The van der Waals surface area contributed by atoms with Crippen LogP contribution in [0.1, 0.15) is 10.8 Å². The molecule has 3 aromatic rings. The van der Waals surface area contributed by atoms with Crippen molar-refractivity contribution < 1.29 is 9.53 Å². The van der Waals surface area contributed by atoms with Crippen LogP contribution in [0.15, 0.2) is 59.8 Å². The van der Waals surface area contributed by atoms with Crippen molar-refractivity contribution in [2.75, 3.05) is 26.3 Å². The molecule has 1 unspecified atom stereocenters. The maximum atomic E-state index is 13.3. The summed E-state index contributed by atoms with van der Waals surface area (Å²) in [5.74, 6) is 0.0279. The van der Waals surface area contributed by atoms with E-state index < -0.39 is 5.25 Å². The van der Waals surface area contributed by atoms with Crippen LogP contribution in [0.4, 0.5) is 0 Å². The number of hydrogen-bond acceptors (Lipinski definition) is 6. The van der Waals surface area contributed by atoms with Gasteiger partial charge >= 0.3 is 0 Å². The van der Waals surface area contributed by atoms with Crippen LogP contribution in [0.2, 0.25) is 5.02 Å². The SMILES string of the molecule is O=C(C(Sc1nnnn1-c1cccc(Cl)c1)c1ccccc1)N1CCOCC1. The van der Waals surface area contributed by atoms with E-state index in [0.717, 1.165) is 11.3 Å². The van der Waals surface area contributed by atoms with Crippen molar-refractivity contribution in [2.24, 2.45) is 0 Å². The van der Waals surface area contributed by atoms with Crippen molar-refractivity contribution in [3.8, 4) is 5.69 Å². The zero-order valence-electron chi connectivity index (χ0n) is 14.9. The number of hydrogen-bond donors (Lipinski definition) is 0. The Hall–Kier alpha value is -2.42. The molecule has 1 aliphatic heterocycles. The minimum Gasteiger partial charge on any atom is -0.378 e. The van der Waals surface area contributed by atoms with Crippen molar-refractivity contribution in [1.82, 2.24) is 25.1 Å². The van der Waals surface area contributed by atoms with Crippen LogP contribution >= 0.6 is 23.4 Å². The zero-order valence-corrected chi connectivity index (χ0v) is 16.5. The van der Waals surface area contributed by atoms with Crippen LogP contribution in [-0.2, 0) is 9.53 Å². The Bertz CT molecular complexity index is 946. The predicted molar refractivity (Wildman–Crippen MR) is 107 cm³/mol. The molecular formula is C19H18ClN5O2S. The molecule has 1 aromatic heterocycles. The van der Waals surface area contributed by atoms with Gasteiger partial charge in [0.2, 0.25) is 11.1 Å². The van der Waals surface area contributed by atoms with Gasteiger partial charge in [0, 0.05) is 18.1 Å². The highest BCUT2D eigenvalue weighted by molar-refractivity contribution is 8.00. The maximum absolute atomic E-state index is 13.3. The van der Waals surface area contributed by atoms with Gasteiger partial charge in [-0.05, 0) is 34.2 Å². The van der Waals surface area contributed by atoms with E-state index in [-0.39, 0.29) is 5.91 Å². The number of tetrazole rings is 1. The minimum absolute atomic E-state index is 0.0279. The highest BCUT2D eigenvalue weighted by Crippen LogP contribution is 2.36. The summed E-state index contributed by atoms with van der Waals surface area (Å²) >= 11 is 7.44. The summed E-state index contributed by atoms with van der Waals surface area (Å²) < 4.78 is 6.98. The molecule has 2 aromatic carbocycles. The van der Waals surface area contributed by atoms with Gasteiger partial charge in [-0.25, -0.2) is 0 Å². The minimum atomic E-state index is -0.455. The fraction of sp³-hybridized carbons (Fsp3) is 0.263. The standard InChI is InChI=1S/C19H18ClN5O2S/c20-15-7-4-8-16(13-15)25-19(21-22-23-25)28-17(14-5-2-1-3-6-14)18(26)24-9-11-27-12-10-24/h1-8,13,17H,9-12H2. The Kier molecular flexibility index (Phi) is 5.90. The molecule has 28 heavy (non-hydrogen) atoms. The summed E-state index contributed by atoms with van der Waals surface area (Å²) in [5.41, 5.74) is 1.65. The van der Waals surface area contributed by atoms with Gasteiger partial charge < -0.3 is 9.64 Å². The van der Waals surface area contributed by atoms with Gasteiger partial charge in [0.15, 0.2) is 0 Å². The van der Waals surface area contributed by atoms with Crippen molar-refractivity contribution >= 4 is 29.3 Å². The van der Waals surface area contributed by atoms with Crippen LogP contribution in [0.3, 0.4) is 0 Å². The number of nitrogens with zero attached hydrogens (tertiary/aromatic N) is 5. The average molecular weight is 416 g/mol. The Morgan fingerprint density at radius 1 is 1.11 bits per heavy atom. The summed E-state index contributed by atoms with van der Waals surface area (Å²) in [6.45, 7) is 2.28. The van der Waals surface area contributed by atoms with Crippen LogP contribution in [-0.4, -0.2) is 57.3 Å². The molecule has 1 aliphatic rings. The first-order chi connectivity index (χ1) is 13.7. The largest absolute Gasteiger partial charge is 0.378 e. The summed E-state index contributed by atoms with van der Waals surface area (Å²) in [5, 5.41) is 12.7. The molecule has 9 heteroatoms. The van der Waals surface area contributed by atoms with Gasteiger partial charge in [0.25, 0.3) is 0 Å². The molecule has 1 atom stereocenters. The van der Waals surface area contributed by atoms with Crippen LogP contribution < -0.4 is 0 Å². The van der Waals surface area contributed by atoms with Crippen molar-refractivity contribution in [2.45, 2.75) is 10.4 Å². The van der Waals surface area contributed by atoms with E-state index in [4.69, 9.17) is 16.3 Å². The first-order valence-corrected chi connectivity index (χ1v) is 10.1. The van der Waals surface area contributed by atoms with Crippen molar-refractivity contribution in [3.63, 3.8) is 0 Å². The molecule has 0 radical (unpaired) electrons. The number of rotatable bonds is 5. The number of halogens is 1. The quantitative estimate of drug-likeness (QED) is 0.596. The van der Waals surface area contributed by atoms with Gasteiger partial charge in [-0.3, -0.25) is 4.79 Å². The van der Waals surface area contributed by atoms with Gasteiger partial charge in [-0.1, -0.05) is 59.8 Å². The number of aromatic nitrogens is 4. The average Bonchev–Trinajstić information content (AvgIpc) is 3.21. The number of amides is 1. The van der Waals surface area contributed by atoms with E-state index >= 15 is 0 Å². The number of thioether (sulfide) groups is 1. The third kappa shape index (κ3) is 4.19. The number of carbonyl (C=O) groups excluding carboxylic acids is 1. The van der Waals surface area contributed by atoms with Gasteiger partial charge in [-0.2, -0.15) is 4.68 Å². The number of ether oxygens (including phenoxy) is 1. The lowest BCUT2D eigenvalue weighted by atomic mass is 10.1. The van der Waals surface area contributed by atoms with E-state index in [9.17, 15) is 4.79 Å². The van der Waals surface area contributed by atoms with E-state index in [1.54, 1.807) is 16.8 Å². The number of carbonyl (C=O) groups is 1. The monoisotopic (exact) mass is 415 g/mol. The molecule has 4 rings (SSSR count). The third-order valence-electron chi connectivity index (χ3n) is 4.37. The molecule has 0 saturated carbocycles. The second-order valence-electron chi connectivity index (χ2n) is 6.20. The highest BCUT2D eigenvalue weighted by atomic mass is 35.5. The molecule has 2 heterocycles. The fourth-order valence-corrected chi connectivity index (χ4v) is 4.23. The molecule has 144 valence electrons. The summed E-state index contributed by atoms with van der Waals surface area (Å²) in [7, 11) is 0. The van der Waals surface area contributed by atoms with E-state index in [0.29, 0.717) is 36.5 Å². The van der Waals surface area contributed by atoms with E-state index in [1.807, 2.05) is 47.4 Å². The molecule has 1 fully saturated rings. The molecule has 0 aliphatic carbocycles. The highest BCUT2D eigenvalue weighted by Gasteiger charge is 2.30. The Morgan fingerprint density at radius 2 is 1.89 bits per heavy atom. The molecular weight excluding hydrogens is 398 g/mol. The molecule has 0 bridgehead atoms. The second kappa shape index (κ2) is 8.72. The summed E-state index contributed by atoms with van der Waals surface area (Å²) in [6.07, 6.45) is 0. The van der Waals surface area contributed by atoms with Gasteiger partial charge in [-0.15, -0.1) is 5.10 Å². The summed E-state index contributed by atoms with van der Waals surface area (Å²) in [4.78, 5) is 15.1. The molecule has 0 spiro atoms. The fourth-order valence-electron chi connectivity index (χ4n) is 2.97. The zero-order chi connectivity index (χ0) is 19.3. The Labute approximate surface area is 171 Å². The van der Waals surface area contributed by atoms with Gasteiger partial charge in [0.05, 0.1) is 18.9 Å². The smallest absolute Gasteiger partial charge is 0.240 e. The molecule has 0 N–H and O–H groups in total. The van der Waals surface area contributed by atoms with Crippen LogP contribution in [0.25, 0.3) is 5.69 Å². The van der Waals surface area contributed by atoms with Crippen molar-refractivity contribution in [1.29, 1.82) is 0 Å². The third-order valence-corrected chi connectivity index (χ3v) is 5.78. The van der Waals surface area contributed by atoms with Crippen molar-refractivity contribution in [3.05, 3.63) is 65.2 Å². The lowest BCUT2D eigenvalue weighted by Gasteiger charge is -2.30. The predicted octanol–water partition coefficient (Wildman–Crippen LogP) is 3.01. The van der Waals surface area contributed by atoms with Gasteiger partial charge in [0.1, 0.15) is 5.25 Å². The number of morpholine rings is 1. The topological polar surface area (TPSA) is 73.1 Å². The van der Waals surface area contributed by atoms with E-state index in [1.165, 1.54) is 11.8 Å². The first kappa shape index (κ1) is 18.9. The Balaban J connectivity index is 1.65. The Morgan fingerprint density at radius 3 is 2.64 bits per heavy atom.